The van der Waals surface area contributed by atoms with Crippen molar-refractivity contribution in [1.29, 1.82) is 0 Å². The van der Waals surface area contributed by atoms with E-state index in [1.807, 2.05) is 6.92 Å². The number of nitrogens with one attached hydrogen (secondary N) is 3. The minimum Gasteiger partial charge on any atom is -0.481 e. The maximum Gasteiger partial charge on any atom is 0.296 e. The molecule has 8 heteroatoms. The van der Waals surface area contributed by atoms with Crippen molar-refractivity contribution >= 4 is 23.0 Å². The highest BCUT2D eigenvalue weighted by molar-refractivity contribution is 5.96. The van der Waals surface area contributed by atoms with Crippen molar-refractivity contribution in [3.63, 3.8) is 0 Å². The van der Waals surface area contributed by atoms with Gasteiger partial charge in [0.05, 0.1) is 16.7 Å². The van der Waals surface area contributed by atoms with E-state index in [9.17, 15) is 14.9 Å². The number of carbonyl (C=O) groups excluding carboxylic acids is 1. The minimum atomic E-state index is -0.466. The number of nitro benzene ring substituents is 1. The Morgan fingerprint density at radius 1 is 1.43 bits per heavy atom. The summed E-state index contributed by atoms with van der Waals surface area (Å²) in [6.07, 6.45) is 0.838. The number of benzene rings is 1. The standard InChI is InChI=1S/C13H18N4O4/c1-2-14-4-3-5-15-9-6-10-12(7-11(9)17(19)20)21-8-13(18)16-10/h6-7,14-15H,2-5,8H2,1H3,(H,16,18). The molecule has 1 aromatic carbocycles. The van der Waals surface area contributed by atoms with Gasteiger partial charge in [-0.25, -0.2) is 0 Å². The molecule has 0 bridgehead atoms. The lowest BCUT2D eigenvalue weighted by Crippen LogP contribution is -2.25. The summed E-state index contributed by atoms with van der Waals surface area (Å²) in [4.78, 5) is 21.9. The highest BCUT2D eigenvalue weighted by atomic mass is 16.6. The van der Waals surface area contributed by atoms with Crippen LogP contribution >= 0.6 is 0 Å². The number of carbonyl (C=O) groups is 1. The first-order valence-corrected chi connectivity index (χ1v) is 6.81. The second-order valence-electron chi connectivity index (χ2n) is 4.59. The van der Waals surface area contributed by atoms with Gasteiger partial charge in [0.15, 0.2) is 12.4 Å². The second kappa shape index (κ2) is 6.89. The van der Waals surface area contributed by atoms with Gasteiger partial charge in [0, 0.05) is 6.54 Å². The van der Waals surface area contributed by atoms with Crippen molar-refractivity contribution in [1.82, 2.24) is 5.32 Å². The van der Waals surface area contributed by atoms with E-state index in [0.717, 1.165) is 19.5 Å². The third-order valence-corrected chi connectivity index (χ3v) is 3.02. The topological polar surface area (TPSA) is 106 Å². The van der Waals surface area contributed by atoms with E-state index in [1.165, 1.54) is 12.1 Å². The second-order valence-corrected chi connectivity index (χ2v) is 4.59. The predicted molar refractivity (Wildman–Crippen MR) is 78.9 cm³/mol. The van der Waals surface area contributed by atoms with Crippen molar-refractivity contribution in [2.24, 2.45) is 0 Å². The Morgan fingerprint density at radius 2 is 2.24 bits per heavy atom. The van der Waals surface area contributed by atoms with Gasteiger partial charge >= 0.3 is 0 Å². The first-order valence-electron chi connectivity index (χ1n) is 6.81. The zero-order valence-corrected chi connectivity index (χ0v) is 11.8. The minimum absolute atomic E-state index is 0.0617. The van der Waals surface area contributed by atoms with Crippen LogP contribution in [0, 0.1) is 10.1 Å². The van der Waals surface area contributed by atoms with E-state index < -0.39 is 4.92 Å². The molecular weight excluding hydrogens is 276 g/mol. The summed E-state index contributed by atoms with van der Waals surface area (Å²) in [5.41, 5.74) is 0.764. The van der Waals surface area contributed by atoms with E-state index in [0.29, 0.717) is 23.7 Å². The first kappa shape index (κ1) is 15.0. The number of fused-ring (bicyclic) bond motifs is 1. The predicted octanol–water partition coefficient (Wildman–Crippen LogP) is 1.34. The maximum absolute atomic E-state index is 11.3. The SMILES string of the molecule is CCNCCCNc1cc2c(cc1[N+](=O)[O-])OCC(=O)N2. The third kappa shape index (κ3) is 3.82. The molecule has 0 atom stereocenters. The van der Waals surface area contributed by atoms with Gasteiger partial charge in [-0.15, -0.1) is 0 Å². The van der Waals surface area contributed by atoms with Gasteiger partial charge in [0.1, 0.15) is 5.69 Å². The van der Waals surface area contributed by atoms with Crippen molar-refractivity contribution in [2.45, 2.75) is 13.3 Å². The van der Waals surface area contributed by atoms with Crippen LogP contribution in [0.4, 0.5) is 17.1 Å². The van der Waals surface area contributed by atoms with Crippen LogP contribution in [0.3, 0.4) is 0 Å². The number of hydrogen-bond donors (Lipinski definition) is 3. The van der Waals surface area contributed by atoms with E-state index in [-0.39, 0.29) is 18.2 Å². The Kier molecular flexibility index (Phi) is 4.94. The average molecular weight is 294 g/mol. The van der Waals surface area contributed by atoms with Gasteiger partial charge in [-0.05, 0) is 25.6 Å². The molecule has 21 heavy (non-hydrogen) atoms. The van der Waals surface area contributed by atoms with Crippen molar-refractivity contribution < 1.29 is 14.5 Å². The van der Waals surface area contributed by atoms with Crippen molar-refractivity contribution in [3.8, 4) is 5.75 Å². The Labute approximate surface area is 122 Å². The van der Waals surface area contributed by atoms with Gasteiger partial charge in [-0.1, -0.05) is 6.92 Å². The number of nitrogens with zero attached hydrogens (tertiary/aromatic N) is 1. The zero-order valence-electron chi connectivity index (χ0n) is 11.8. The highest BCUT2D eigenvalue weighted by Crippen LogP contribution is 2.37. The molecule has 1 aliphatic heterocycles. The van der Waals surface area contributed by atoms with Crippen LogP contribution in [0.1, 0.15) is 13.3 Å². The quantitative estimate of drug-likeness (QED) is 0.398. The fourth-order valence-electron chi connectivity index (χ4n) is 2.02. The summed E-state index contributed by atoms with van der Waals surface area (Å²) < 4.78 is 5.18. The number of nitro groups is 1. The van der Waals surface area contributed by atoms with Crippen LogP contribution in [-0.4, -0.2) is 37.1 Å². The highest BCUT2D eigenvalue weighted by Gasteiger charge is 2.23. The molecule has 0 spiro atoms. The van der Waals surface area contributed by atoms with Crippen LogP contribution in [0.5, 0.6) is 5.75 Å². The summed E-state index contributed by atoms with van der Waals surface area (Å²) in [6, 6.07) is 2.87. The third-order valence-electron chi connectivity index (χ3n) is 3.02. The molecule has 0 saturated heterocycles. The van der Waals surface area contributed by atoms with Crippen LogP contribution in [-0.2, 0) is 4.79 Å². The summed E-state index contributed by atoms with van der Waals surface area (Å²) in [5, 5.41) is 20.0. The Bertz CT molecular complexity index is 547. The summed E-state index contributed by atoms with van der Waals surface area (Å²) in [7, 11) is 0. The summed E-state index contributed by atoms with van der Waals surface area (Å²) in [6.45, 7) is 4.22. The number of ether oxygens (including phenoxy) is 1. The molecule has 3 N–H and O–H groups in total. The van der Waals surface area contributed by atoms with E-state index >= 15 is 0 Å². The lowest BCUT2D eigenvalue weighted by atomic mass is 10.2. The monoisotopic (exact) mass is 294 g/mol. The molecule has 0 aliphatic carbocycles. The van der Waals surface area contributed by atoms with E-state index in [2.05, 4.69) is 16.0 Å². The van der Waals surface area contributed by atoms with E-state index in [1.54, 1.807) is 0 Å². The van der Waals surface area contributed by atoms with Crippen LogP contribution in [0.25, 0.3) is 0 Å². The lowest BCUT2D eigenvalue weighted by molar-refractivity contribution is -0.384. The van der Waals surface area contributed by atoms with Gasteiger partial charge in [-0.2, -0.15) is 0 Å². The summed E-state index contributed by atoms with van der Waals surface area (Å²) >= 11 is 0. The molecule has 1 aromatic rings. The number of rotatable bonds is 7. The molecule has 1 amide bonds. The largest absolute Gasteiger partial charge is 0.481 e. The van der Waals surface area contributed by atoms with Gasteiger partial charge < -0.3 is 20.7 Å². The molecule has 1 aliphatic rings. The van der Waals surface area contributed by atoms with Crippen molar-refractivity contribution in [2.75, 3.05) is 36.9 Å². The molecule has 0 radical (unpaired) electrons. The molecule has 2 rings (SSSR count). The van der Waals surface area contributed by atoms with Crippen LogP contribution in [0.2, 0.25) is 0 Å². The average Bonchev–Trinajstić information content (AvgIpc) is 2.46. The van der Waals surface area contributed by atoms with Gasteiger partial charge in [0.2, 0.25) is 0 Å². The van der Waals surface area contributed by atoms with E-state index in [4.69, 9.17) is 4.74 Å². The zero-order chi connectivity index (χ0) is 15.2. The molecule has 0 fully saturated rings. The molecule has 0 saturated carbocycles. The molecule has 8 nitrogen and oxygen atoms in total. The summed E-state index contributed by atoms with van der Waals surface area (Å²) in [5.74, 6) is 0.0500. The first-order chi connectivity index (χ1) is 10.1. The number of amides is 1. The molecule has 0 aromatic heterocycles. The lowest BCUT2D eigenvalue weighted by Gasteiger charge is -2.19. The Balaban J connectivity index is 2.12. The molecule has 0 unspecified atom stereocenters. The number of hydrogen-bond acceptors (Lipinski definition) is 6. The molecule has 1 heterocycles. The normalized spacial score (nSPS) is 13.1. The fourth-order valence-corrected chi connectivity index (χ4v) is 2.02. The van der Waals surface area contributed by atoms with Gasteiger partial charge in [-0.3, -0.25) is 14.9 Å². The Hall–Kier alpha value is -2.35. The number of anilines is 2. The molecular formula is C13H18N4O4. The Morgan fingerprint density at radius 3 is 2.95 bits per heavy atom. The molecule has 114 valence electrons. The van der Waals surface area contributed by atoms with Gasteiger partial charge in [0.25, 0.3) is 11.6 Å². The van der Waals surface area contributed by atoms with Crippen molar-refractivity contribution in [3.05, 3.63) is 22.2 Å². The maximum atomic E-state index is 11.3. The fraction of sp³-hybridized carbons (Fsp3) is 0.462. The van der Waals surface area contributed by atoms with Crippen LogP contribution < -0.4 is 20.7 Å². The smallest absolute Gasteiger partial charge is 0.296 e. The van der Waals surface area contributed by atoms with Crippen LogP contribution in [0.15, 0.2) is 12.1 Å².